The van der Waals surface area contributed by atoms with E-state index in [2.05, 4.69) is 0 Å². The van der Waals surface area contributed by atoms with Crippen molar-refractivity contribution in [2.45, 2.75) is 19.9 Å². The zero-order valence-electron chi connectivity index (χ0n) is 14.6. The Morgan fingerprint density at radius 3 is 2.73 bits per heavy atom. The second-order valence-electron chi connectivity index (χ2n) is 6.47. The van der Waals surface area contributed by atoms with E-state index < -0.39 is 11.7 Å². The molecule has 2 aromatic rings. The van der Waals surface area contributed by atoms with Crippen LogP contribution in [-0.2, 0) is 4.79 Å². The molecule has 2 amide bonds. The molecular weight excluding hydrogens is 333 g/mol. The molecule has 1 atom stereocenters. The maximum Gasteiger partial charge on any atom is 0.254 e. The van der Waals surface area contributed by atoms with Crippen molar-refractivity contribution in [1.82, 2.24) is 4.90 Å². The lowest BCUT2D eigenvalue weighted by molar-refractivity contribution is -0.121. The number of nitrogens with zero attached hydrogens (tertiary/aromatic N) is 3. The van der Waals surface area contributed by atoms with Gasteiger partial charge in [-0.05, 0) is 49.7 Å². The van der Waals surface area contributed by atoms with Crippen LogP contribution in [0.2, 0.25) is 0 Å². The largest absolute Gasteiger partial charge is 0.325 e. The summed E-state index contributed by atoms with van der Waals surface area (Å²) in [6, 6.07) is 12.7. The maximum atomic E-state index is 13.6. The van der Waals surface area contributed by atoms with E-state index in [0.29, 0.717) is 6.54 Å². The van der Waals surface area contributed by atoms with Crippen LogP contribution in [-0.4, -0.2) is 35.8 Å². The van der Waals surface area contributed by atoms with E-state index in [1.807, 2.05) is 44.2 Å². The molecule has 1 fully saturated rings. The minimum Gasteiger partial charge on any atom is -0.325 e. The topological polar surface area (TPSA) is 64.4 Å². The highest BCUT2D eigenvalue weighted by molar-refractivity contribution is 6.02. The van der Waals surface area contributed by atoms with Crippen LogP contribution in [0.25, 0.3) is 0 Å². The second kappa shape index (κ2) is 6.96. The number of anilines is 1. The minimum atomic E-state index is -0.648. The number of benzene rings is 2. The Balaban J connectivity index is 1.84. The monoisotopic (exact) mass is 351 g/mol. The Morgan fingerprint density at radius 1 is 1.27 bits per heavy atom. The summed E-state index contributed by atoms with van der Waals surface area (Å²) in [6.45, 7) is 4.06. The van der Waals surface area contributed by atoms with Gasteiger partial charge in [-0.2, -0.15) is 5.26 Å². The Morgan fingerprint density at radius 2 is 2.04 bits per heavy atom. The summed E-state index contributed by atoms with van der Waals surface area (Å²) >= 11 is 0. The van der Waals surface area contributed by atoms with E-state index in [9.17, 15) is 14.0 Å². The third kappa shape index (κ3) is 3.42. The highest BCUT2D eigenvalue weighted by atomic mass is 19.1. The van der Waals surface area contributed by atoms with E-state index in [1.165, 1.54) is 11.0 Å². The molecule has 1 heterocycles. The summed E-state index contributed by atoms with van der Waals surface area (Å²) in [5.74, 6) is -1.30. The average molecular weight is 351 g/mol. The van der Waals surface area contributed by atoms with Crippen LogP contribution >= 0.6 is 0 Å². The van der Waals surface area contributed by atoms with Crippen LogP contribution in [0, 0.1) is 24.1 Å². The van der Waals surface area contributed by atoms with Crippen molar-refractivity contribution in [3.8, 4) is 6.07 Å². The first-order valence-corrected chi connectivity index (χ1v) is 8.27. The minimum absolute atomic E-state index is 0.0743. The van der Waals surface area contributed by atoms with Crippen LogP contribution in [0.4, 0.5) is 10.1 Å². The summed E-state index contributed by atoms with van der Waals surface area (Å²) < 4.78 is 13.6. The number of carbonyl (C=O) groups excluding carboxylic acids is 2. The van der Waals surface area contributed by atoms with Crippen molar-refractivity contribution in [1.29, 1.82) is 5.26 Å². The van der Waals surface area contributed by atoms with Crippen LogP contribution in [0.5, 0.6) is 0 Å². The Bertz CT molecular complexity index is 920. The SMILES string of the molecule is Cc1cccc(N2C[C@@H](C)N(C(=O)c3cc(F)cc(C#N)c3)CC2=O)c1. The lowest BCUT2D eigenvalue weighted by Gasteiger charge is -2.39. The van der Waals surface area contributed by atoms with E-state index >= 15 is 0 Å². The first-order chi connectivity index (χ1) is 12.4. The molecule has 2 aromatic carbocycles. The molecule has 5 nitrogen and oxygen atoms in total. The molecule has 0 N–H and O–H groups in total. The highest BCUT2D eigenvalue weighted by Crippen LogP contribution is 2.23. The quantitative estimate of drug-likeness (QED) is 0.836. The zero-order valence-corrected chi connectivity index (χ0v) is 14.6. The van der Waals surface area contributed by atoms with Crippen molar-refractivity contribution in [2.75, 3.05) is 18.0 Å². The molecule has 1 aliphatic rings. The first kappa shape index (κ1) is 17.6. The standard InChI is InChI=1S/C20H18FN3O2/c1-13-4-3-5-18(6-13)24-11-14(2)23(12-19(24)25)20(26)16-7-15(10-22)8-17(21)9-16/h3-9,14H,11-12H2,1-2H3/t14-/m1/s1. The first-order valence-electron chi connectivity index (χ1n) is 8.27. The molecule has 6 heteroatoms. The molecule has 1 saturated heterocycles. The number of carbonyl (C=O) groups is 2. The van der Waals surface area contributed by atoms with Crippen molar-refractivity contribution in [3.63, 3.8) is 0 Å². The molecule has 132 valence electrons. The number of nitriles is 1. The third-order valence-corrected chi connectivity index (χ3v) is 4.43. The molecule has 0 spiro atoms. The lowest BCUT2D eigenvalue weighted by Crippen LogP contribution is -2.57. The maximum absolute atomic E-state index is 13.6. The fraction of sp³-hybridized carbons (Fsp3) is 0.250. The van der Waals surface area contributed by atoms with Crippen molar-refractivity contribution in [3.05, 3.63) is 65.0 Å². The number of hydrogen-bond acceptors (Lipinski definition) is 3. The Labute approximate surface area is 151 Å². The summed E-state index contributed by atoms with van der Waals surface area (Å²) in [5.41, 5.74) is 1.99. The molecule has 3 rings (SSSR count). The van der Waals surface area contributed by atoms with Gasteiger partial charge >= 0.3 is 0 Å². The van der Waals surface area contributed by atoms with Gasteiger partial charge in [-0.3, -0.25) is 9.59 Å². The van der Waals surface area contributed by atoms with Gasteiger partial charge in [0.25, 0.3) is 5.91 Å². The summed E-state index contributed by atoms with van der Waals surface area (Å²) in [4.78, 5) is 28.4. The van der Waals surface area contributed by atoms with Gasteiger partial charge in [0.05, 0.1) is 11.6 Å². The fourth-order valence-electron chi connectivity index (χ4n) is 3.11. The van der Waals surface area contributed by atoms with Gasteiger partial charge in [0.2, 0.25) is 5.91 Å². The third-order valence-electron chi connectivity index (χ3n) is 4.43. The van der Waals surface area contributed by atoms with Crippen molar-refractivity contribution < 1.29 is 14.0 Å². The Kier molecular flexibility index (Phi) is 4.72. The van der Waals surface area contributed by atoms with Crippen molar-refractivity contribution >= 4 is 17.5 Å². The number of aryl methyl sites for hydroxylation is 1. The molecule has 1 aliphatic heterocycles. The number of rotatable bonds is 2. The van der Waals surface area contributed by atoms with E-state index in [4.69, 9.17) is 5.26 Å². The highest BCUT2D eigenvalue weighted by Gasteiger charge is 2.33. The zero-order chi connectivity index (χ0) is 18.8. The van der Waals surface area contributed by atoms with Crippen LogP contribution < -0.4 is 4.90 Å². The van der Waals surface area contributed by atoms with Crippen molar-refractivity contribution in [2.24, 2.45) is 0 Å². The number of amides is 2. The van der Waals surface area contributed by atoms with Gasteiger partial charge in [0, 0.05) is 23.8 Å². The van der Waals surface area contributed by atoms with Crippen LogP contribution in [0.15, 0.2) is 42.5 Å². The summed E-state index contributed by atoms with van der Waals surface area (Å²) in [6.07, 6.45) is 0. The van der Waals surface area contributed by atoms with Gasteiger partial charge < -0.3 is 9.80 Å². The molecule has 26 heavy (non-hydrogen) atoms. The smallest absolute Gasteiger partial charge is 0.254 e. The van der Waals surface area contributed by atoms with Crippen LogP contribution in [0.1, 0.15) is 28.4 Å². The molecule has 0 radical (unpaired) electrons. The van der Waals surface area contributed by atoms with Gasteiger partial charge in [-0.1, -0.05) is 12.1 Å². The second-order valence-corrected chi connectivity index (χ2v) is 6.47. The van der Waals surface area contributed by atoms with E-state index in [1.54, 1.807) is 4.90 Å². The fourth-order valence-corrected chi connectivity index (χ4v) is 3.11. The predicted octanol–water partition coefficient (Wildman–Crippen LogP) is 2.88. The summed E-state index contributed by atoms with van der Waals surface area (Å²) in [7, 11) is 0. The molecule has 0 aliphatic carbocycles. The molecule has 0 bridgehead atoms. The Hall–Kier alpha value is -3.20. The van der Waals surface area contributed by atoms with Gasteiger partial charge in [0.15, 0.2) is 0 Å². The number of piperazine rings is 1. The summed E-state index contributed by atoms with van der Waals surface area (Å²) in [5, 5.41) is 8.95. The van der Waals surface area contributed by atoms with Crippen LogP contribution in [0.3, 0.4) is 0 Å². The van der Waals surface area contributed by atoms with Gasteiger partial charge in [-0.25, -0.2) is 4.39 Å². The number of hydrogen-bond donors (Lipinski definition) is 0. The van der Waals surface area contributed by atoms with E-state index in [0.717, 1.165) is 23.4 Å². The molecule has 0 aromatic heterocycles. The molecule has 0 saturated carbocycles. The average Bonchev–Trinajstić information content (AvgIpc) is 2.62. The van der Waals surface area contributed by atoms with E-state index in [-0.39, 0.29) is 29.6 Å². The predicted molar refractivity (Wildman–Crippen MR) is 95.1 cm³/mol. The number of halogens is 1. The van der Waals surface area contributed by atoms with Gasteiger partial charge in [0.1, 0.15) is 12.4 Å². The normalized spacial score (nSPS) is 17.2. The lowest BCUT2D eigenvalue weighted by atomic mass is 10.1. The molecular formula is C20H18FN3O2. The van der Waals surface area contributed by atoms with Gasteiger partial charge in [-0.15, -0.1) is 0 Å². The molecule has 0 unspecified atom stereocenters.